The molecule has 5 amide bonds. The van der Waals surface area contributed by atoms with Crippen molar-refractivity contribution in [2.24, 2.45) is 5.73 Å². The fourth-order valence-electron chi connectivity index (χ4n) is 1.94. The topological polar surface area (TPSA) is 140 Å². The van der Waals surface area contributed by atoms with Gasteiger partial charge in [-0.15, -0.1) is 0 Å². The molecule has 0 spiro atoms. The van der Waals surface area contributed by atoms with Gasteiger partial charge in [-0.2, -0.15) is 0 Å². The molecule has 9 nitrogen and oxygen atoms in total. The molecular formula is C16H21ClN4O5. The van der Waals surface area contributed by atoms with Crippen molar-refractivity contribution < 1.29 is 23.9 Å². The number of carbonyl (C=O) groups is 4. The Morgan fingerprint density at radius 1 is 1.19 bits per heavy atom. The fourth-order valence-corrected chi connectivity index (χ4v) is 2.06. The monoisotopic (exact) mass is 384 g/mol. The number of benzene rings is 1. The van der Waals surface area contributed by atoms with Gasteiger partial charge in [0.2, 0.25) is 0 Å². The van der Waals surface area contributed by atoms with E-state index in [1.54, 1.807) is 24.3 Å². The van der Waals surface area contributed by atoms with E-state index < -0.39 is 36.6 Å². The molecule has 26 heavy (non-hydrogen) atoms. The molecular weight excluding hydrogens is 364 g/mol. The summed E-state index contributed by atoms with van der Waals surface area (Å²) in [5.41, 5.74) is 5.71. The minimum atomic E-state index is -0.817. The number of ether oxygens (including phenoxy) is 1. The third-order valence-electron chi connectivity index (χ3n) is 3.11. The van der Waals surface area contributed by atoms with Crippen LogP contribution in [0.15, 0.2) is 24.3 Å². The Hall–Kier alpha value is -2.81. The molecule has 1 aromatic rings. The van der Waals surface area contributed by atoms with E-state index in [0.717, 1.165) is 6.42 Å². The number of nitrogens with two attached hydrogens (primary N) is 1. The maximum atomic E-state index is 11.9. The van der Waals surface area contributed by atoms with Crippen LogP contribution in [0.25, 0.3) is 0 Å². The van der Waals surface area contributed by atoms with Crippen molar-refractivity contribution in [1.82, 2.24) is 16.0 Å². The average molecular weight is 385 g/mol. The van der Waals surface area contributed by atoms with Crippen molar-refractivity contribution in [2.75, 3.05) is 13.2 Å². The molecule has 0 saturated carbocycles. The van der Waals surface area contributed by atoms with Gasteiger partial charge in [0.05, 0.1) is 12.5 Å². The number of nitrogens with one attached hydrogen (secondary N) is 3. The lowest BCUT2D eigenvalue weighted by molar-refractivity contribution is -0.148. The molecule has 0 heterocycles. The first-order chi connectivity index (χ1) is 12.3. The van der Waals surface area contributed by atoms with Crippen molar-refractivity contribution in [2.45, 2.75) is 25.8 Å². The highest BCUT2D eigenvalue weighted by Gasteiger charge is 2.19. The summed E-state index contributed by atoms with van der Waals surface area (Å²) in [6, 6.07) is 4.22. The van der Waals surface area contributed by atoms with Crippen LogP contribution in [0, 0.1) is 0 Å². The third-order valence-corrected chi connectivity index (χ3v) is 3.36. The normalized spacial score (nSPS) is 11.2. The van der Waals surface area contributed by atoms with Gasteiger partial charge in [0, 0.05) is 11.6 Å². The molecule has 0 bridgehead atoms. The zero-order chi connectivity index (χ0) is 19.5. The largest absolute Gasteiger partial charge is 0.455 e. The molecule has 0 saturated heterocycles. The molecule has 10 heteroatoms. The van der Waals surface area contributed by atoms with E-state index in [0.29, 0.717) is 17.1 Å². The van der Waals surface area contributed by atoms with E-state index in [9.17, 15) is 19.2 Å². The molecule has 0 radical (unpaired) electrons. The van der Waals surface area contributed by atoms with Crippen LogP contribution in [-0.4, -0.2) is 37.1 Å². The summed E-state index contributed by atoms with van der Waals surface area (Å²) in [5.74, 6) is -1.51. The second-order valence-electron chi connectivity index (χ2n) is 5.28. The van der Waals surface area contributed by atoms with Crippen molar-refractivity contribution >= 4 is 35.5 Å². The molecule has 0 aliphatic carbocycles. The highest BCUT2D eigenvalue weighted by Crippen LogP contribution is 2.19. The number of urea groups is 2. The fraction of sp³-hybridized carbons (Fsp3) is 0.375. The number of carbonyl (C=O) groups excluding carboxylic acids is 4. The lowest BCUT2D eigenvalue weighted by Crippen LogP contribution is -2.41. The Morgan fingerprint density at radius 2 is 1.85 bits per heavy atom. The molecule has 5 N–H and O–H groups in total. The molecule has 142 valence electrons. The lowest BCUT2D eigenvalue weighted by Gasteiger charge is -2.17. The SMILES string of the molecule is CCCNC(=O)NC(=O)COC(=O)C[C@@H](NC(N)=O)c1ccc(Cl)cc1. The highest BCUT2D eigenvalue weighted by atomic mass is 35.5. The molecule has 0 aromatic heterocycles. The number of imide groups is 1. The number of hydrogen-bond acceptors (Lipinski definition) is 5. The Morgan fingerprint density at radius 3 is 2.42 bits per heavy atom. The van der Waals surface area contributed by atoms with Crippen molar-refractivity contribution in [3.05, 3.63) is 34.9 Å². The zero-order valence-electron chi connectivity index (χ0n) is 14.2. The molecule has 1 rings (SSSR count). The van der Waals surface area contributed by atoms with Gasteiger partial charge in [-0.3, -0.25) is 14.9 Å². The third kappa shape index (κ3) is 8.34. The highest BCUT2D eigenvalue weighted by molar-refractivity contribution is 6.30. The maximum absolute atomic E-state index is 11.9. The minimum absolute atomic E-state index is 0.250. The lowest BCUT2D eigenvalue weighted by atomic mass is 10.0. The van der Waals surface area contributed by atoms with Gasteiger partial charge in [-0.05, 0) is 24.1 Å². The smallest absolute Gasteiger partial charge is 0.321 e. The number of halogens is 1. The predicted octanol–water partition coefficient (Wildman–Crippen LogP) is 1.22. The standard InChI is InChI=1S/C16H21ClN4O5/c1-2-7-19-16(25)21-13(22)9-26-14(23)8-12(20-15(18)24)10-3-5-11(17)6-4-10/h3-6,12H,2,7-9H2,1H3,(H3,18,20,24)(H2,19,21,22,25)/t12-/m1/s1. The molecule has 1 aromatic carbocycles. The number of esters is 1. The van der Waals surface area contributed by atoms with Crippen molar-refractivity contribution in [1.29, 1.82) is 0 Å². The van der Waals surface area contributed by atoms with Gasteiger partial charge in [0.15, 0.2) is 6.61 Å². The Labute approximate surface area is 155 Å². The van der Waals surface area contributed by atoms with Crippen LogP contribution in [0.5, 0.6) is 0 Å². The summed E-state index contributed by atoms with van der Waals surface area (Å²) in [4.78, 5) is 45.9. The average Bonchev–Trinajstić information content (AvgIpc) is 2.58. The molecule has 0 aliphatic heterocycles. The number of primary amides is 1. The second-order valence-corrected chi connectivity index (χ2v) is 5.72. The molecule has 0 unspecified atom stereocenters. The Kier molecular flexibility index (Phi) is 8.93. The summed E-state index contributed by atoms with van der Waals surface area (Å²) in [6.07, 6.45) is 0.468. The van der Waals surface area contributed by atoms with Gasteiger partial charge in [-0.1, -0.05) is 30.7 Å². The van der Waals surface area contributed by atoms with Crippen LogP contribution < -0.4 is 21.7 Å². The quantitative estimate of drug-likeness (QED) is 0.499. The summed E-state index contributed by atoms with van der Waals surface area (Å²) in [7, 11) is 0. The Balaban J connectivity index is 2.53. The first-order valence-electron chi connectivity index (χ1n) is 7.86. The predicted molar refractivity (Wildman–Crippen MR) is 94.3 cm³/mol. The zero-order valence-corrected chi connectivity index (χ0v) is 15.0. The van der Waals surface area contributed by atoms with Crippen LogP contribution in [0.1, 0.15) is 31.4 Å². The molecule has 1 atom stereocenters. The summed E-state index contributed by atoms with van der Waals surface area (Å²) < 4.78 is 4.82. The van der Waals surface area contributed by atoms with E-state index in [-0.39, 0.29) is 6.42 Å². The van der Waals surface area contributed by atoms with Crippen LogP contribution in [0.3, 0.4) is 0 Å². The minimum Gasteiger partial charge on any atom is -0.455 e. The van der Waals surface area contributed by atoms with Crippen LogP contribution in [-0.2, 0) is 14.3 Å². The van der Waals surface area contributed by atoms with Gasteiger partial charge in [0.25, 0.3) is 5.91 Å². The van der Waals surface area contributed by atoms with Crippen LogP contribution >= 0.6 is 11.6 Å². The molecule has 0 aliphatic rings. The van der Waals surface area contributed by atoms with Gasteiger partial charge >= 0.3 is 18.0 Å². The number of amides is 5. The van der Waals surface area contributed by atoms with Gasteiger partial charge < -0.3 is 21.1 Å². The van der Waals surface area contributed by atoms with Crippen LogP contribution in [0.4, 0.5) is 9.59 Å². The first kappa shape index (κ1) is 21.2. The summed E-state index contributed by atoms with van der Waals surface area (Å²) in [6.45, 7) is 1.66. The van der Waals surface area contributed by atoms with E-state index >= 15 is 0 Å². The van der Waals surface area contributed by atoms with Gasteiger partial charge in [0.1, 0.15) is 0 Å². The Bertz CT molecular complexity index is 651. The van der Waals surface area contributed by atoms with E-state index in [1.807, 2.05) is 12.2 Å². The number of hydrogen-bond donors (Lipinski definition) is 4. The van der Waals surface area contributed by atoms with Crippen molar-refractivity contribution in [3.63, 3.8) is 0 Å². The molecule has 0 fully saturated rings. The second kappa shape index (κ2) is 10.9. The van der Waals surface area contributed by atoms with E-state index in [4.69, 9.17) is 22.1 Å². The summed E-state index contributed by atoms with van der Waals surface area (Å²) >= 11 is 5.80. The van der Waals surface area contributed by atoms with E-state index in [1.165, 1.54) is 0 Å². The first-order valence-corrected chi connectivity index (χ1v) is 8.24. The summed E-state index contributed by atoms with van der Waals surface area (Å²) in [5, 5.41) is 7.38. The van der Waals surface area contributed by atoms with Crippen LogP contribution in [0.2, 0.25) is 5.02 Å². The van der Waals surface area contributed by atoms with Crippen molar-refractivity contribution in [3.8, 4) is 0 Å². The van der Waals surface area contributed by atoms with Gasteiger partial charge in [-0.25, -0.2) is 9.59 Å². The maximum Gasteiger partial charge on any atom is 0.321 e. The van der Waals surface area contributed by atoms with E-state index in [2.05, 4.69) is 10.6 Å². The number of rotatable bonds is 8.